The molecule has 2 N–H and O–H groups in total. The highest BCUT2D eigenvalue weighted by molar-refractivity contribution is 9.10. The molecule has 0 saturated heterocycles. The van der Waals surface area contributed by atoms with E-state index in [4.69, 9.17) is 17.3 Å². The Balaban J connectivity index is 3.32. The molecule has 6 heteroatoms. The average Bonchev–Trinajstić information content (AvgIpc) is 1.94. The molecule has 13 heavy (non-hydrogen) atoms. The van der Waals surface area contributed by atoms with Crippen LogP contribution in [0.15, 0.2) is 16.6 Å². The van der Waals surface area contributed by atoms with Crippen LogP contribution < -0.4 is 5.73 Å². The molecule has 0 fully saturated rings. The summed E-state index contributed by atoms with van der Waals surface area (Å²) in [6.07, 6.45) is -4.42. The third-order valence-electron chi connectivity index (χ3n) is 1.39. The number of hydrogen-bond donors (Lipinski definition) is 1. The van der Waals surface area contributed by atoms with E-state index in [0.717, 1.165) is 12.1 Å². The lowest BCUT2D eigenvalue weighted by atomic mass is 10.2. The first kappa shape index (κ1) is 10.7. The summed E-state index contributed by atoms with van der Waals surface area (Å²) in [6.45, 7) is 0. The highest BCUT2D eigenvalue weighted by Gasteiger charge is 2.33. The second-order valence-electron chi connectivity index (χ2n) is 2.35. The SMILES string of the molecule is Nc1cc(Br)c(C(F)(F)F)cc1Cl. The molecule has 0 saturated carbocycles. The van der Waals surface area contributed by atoms with Crippen molar-refractivity contribution in [3.05, 3.63) is 27.2 Å². The number of halogens is 5. The Hall–Kier alpha value is -0.420. The van der Waals surface area contributed by atoms with Gasteiger partial charge in [0.25, 0.3) is 0 Å². The van der Waals surface area contributed by atoms with Crippen LogP contribution in [0, 0.1) is 0 Å². The Morgan fingerprint density at radius 2 is 1.85 bits per heavy atom. The molecule has 1 rings (SSSR count). The Morgan fingerprint density at radius 3 is 2.31 bits per heavy atom. The second-order valence-corrected chi connectivity index (χ2v) is 3.61. The second kappa shape index (κ2) is 3.38. The van der Waals surface area contributed by atoms with Crippen molar-refractivity contribution in [3.63, 3.8) is 0 Å². The zero-order chi connectivity index (χ0) is 10.2. The predicted octanol–water partition coefficient (Wildman–Crippen LogP) is 3.70. The summed E-state index contributed by atoms with van der Waals surface area (Å²) < 4.78 is 36.6. The normalized spacial score (nSPS) is 11.8. The predicted molar refractivity (Wildman–Crippen MR) is 48.6 cm³/mol. The van der Waals surface area contributed by atoms with E-state index in [1.54, 1.807) is 0 Å². The van der Waals surface area contributed by atoms with Crippen molar-refractivity contribution in [1.29, 1.82) is 0 Å². The van der Waals surface area contributed by atoms with Crippen LogP contribution in [0.25, 0.3) is 0 Å². The van der Waals surface area contributed by atoms with Crippen LogP contribution in [0.3, 0.4) is 0 Å². The first-order valence-corrected chi connectivity index (χ1v) is 4.31. The number of nitrogen functional groups attached to an aromatic ring is 1. The molecule has 0 aliphatic rings. The Labute approximate surface area is 85.8 Å². The molecule has 1 aromatic rings. The van der Waals surface area contributed by atoms with Gasteiger partial charge in [0.15, 0.2) is 0 Å². The third-order valence-corrected chi connectivity index (χ3v) is 2.38. The van der Waals surface area contributed by atoms with E-state index in [9.17, 15) is 13.2 Å². The fourth-order valence-electron chi connectivity index (χ4n) is 0.779. The molecular weight excluding hydrogens is 270 g/mol. The molecule has 0 atom stereocenters. The van der Waals surface area contributed by atoms with Crippen LogP contribution in [0.5, 0.6) is 0 Å². The molecule has 1 aromatic carbocycles. The molecule has 0 radical (unpaired) electrons. The largest absolute Gasteiger partial charge is 0.417 e. The molecule has 72 valence electrons. The highest BCUT2D eigenvalue weighted by atomic mass is 79.9. The minimum Gasteiger partial charge on any atom is -0.397 e. The van der Waals surface area contributed by atoms with Crippen molar-refractivity contribution < 1.29 is 13.2 Å². The van der Waals surface area contributed by atoms with Crippen molar-refractivity contribution in [1.82, 2.24) is 0 Å². The van der Waals surface area contributed by atoms with Crippen LogP contribution >= 0.6 is 27.5 Å². The first-order chi connectivity index (χ1) is 5.82. The molecule has 0 aliphatic carbocycles. The zero-order valence-corrected chi connectivity index (χ0v) is 8.46. The van der Waals surface area contributed by atoms with Crippen molar-refractivity contribution in [3.8, 4) is 0 Å². The van der Waals surface area contributed by atoms with Gasteiger partial charge in [0.1, 0.15) is 0 Å². The van der Waals surface area contributed by atoms with Gasteiger partial charge in [-0.25, -0.2) is 0 Å². The van der Waals surface area contributed by atoms with E-state index < -0.39 is 11.7 Å². The zero-order valence-electron chi connectivity index (χ0n) is 6.12. The maximum Gasteiger partial charge on any atom is 0.417 e. The minimum absolute atomic E-state index is 0.101. The summed E-state index contributed by atoms with van der Waals surface area (Å²) >= 11 is 8.20. The first-order valence-electron chi connectivity index (χ1n) is 3.14. The number of hydrogen-bond acceptors (Lipinski definition) is 1. The fraction of sp³-hybridized carbons (Fsp3) is 0.143. The average molecular weight is 274 g/mol. The van der Waals surface area contributed by atoms with Gasteiger partial charge in [0, 0.05) is 4.47 Å². The topological polar surface area (TPSA) is 26.0 Å². The Kier molecular flexibility index (Phi) is 2.77. The van der Waals surface area contributed by atoms with Crippen LogP contribution in [-0.2, 0) is 6.18 Å². The molecule has 1 nitrogen and oxygen atoms in total. The highest BCUT2D eigenvalue weighted by Crippen LogP contribution is 2.38. The van der Waals surface area contributed by atoms with E-state index in [0.29, 0.717) is 0 Å². The number of rotatable bonds is 0. The van der Waals surface area contributed by atoms with Crippen molar-refractivity contribution in [2.75, 3.05) is 5.73 Å². The van der Waals surface area contributed by atoms with Gasteiger partial charge in [-0.15, -0.1) is 0 Å². The minimum atomic E-state index is -4.42. The number of nitrogens with two attached hydrogens (primary N) is 1. The summed E-state index contributed by atoms with van der Waals surface area (Å²) in [7, 11) is 0. The van der Waals surface area contributed by atoms with Crippen molar-refractivity contribution in [2.24, 2.45) is 0 Å². The number of alkyl halides is 3. The maximum atomic E-state index is 12.2. The van der Waals surface area contributed by atoms with E-state index >= 15 is 0 Å². The Bertz CT molecular complexity index is 337. The van der Waals surface area contributed by atoms with E-state index in [-0.39, 0.29) is 15.2 Å². The standard InChI is InChI=1S/C7H4BrClF3N/c8-4-2-6(13)5(9)1-3(4)7(10,11)12/h1-2H,13H2. The van der Waals surface area contributed by atoms with E-state index in [2.05, 4.69) is 15.9 Å². The maximum absolute atomic E-state index is 12.2. The molecule has 0 amide bonds. The van der Waals surface area contributed by atoms with Crippen LogP contribution in [-0.4, -0.2) is 0 Å². The van der Waals surface area contributed by atoms with Gasteiger partial charge in [-0.3, -0.25) is 0 Å². The molecule has 0 aromatic heterocycles. The summed E-state index contributed by atoms with van der Waals surface area (Å²) in [4.78, 5) is 0. The van der Waals surface area contributed by atoms with Crippen LogP contribution in [0.1, 0.15) is 5.56 Å². The van der Waals surface area contributed by atoms with Crippen LogP contribution in [0.4, 0.5) is 18.9 Å². The van der Waals surface area contributed by atoms with Gasteiger partial charge in [0.2, 0.25) is 0 Å². The monoisotopic (exact) mass is 273 g/mol. The smallest absolute Gasteiger partial charge is 0.397 e. The molecule has 0 heterocycles. The third kappa shape index (κ3) is 2.28. The quantitative estimate of drug-likeness (QED) is 0.717. The Morgan fingerprint density at radius 1 is 1.31 bits per heavy atom. The lowest BCUT2D eigenvalue weighted by Crippen LogP contribution is -2.06. The number of benzene rings is 1. The summed E-state index contributed by atoms with van der Waals surface area (Å²) in [5.41, 5.74) is 4.59. The van der Waals surface area contributed by atoms with Gasteiger partial charge < -0.3 is 5.73 Å². The molecule has 0 bridgehead atoms. The molecule has 0 spiro atoms. The van der Waals surface area contributed by atoms with E-state index in [1.807, 2.05) is 0 Å². The van der Waals surface area contributed by atoms with Gasteiger partial charge in [-0.1, -0.05) is 27.5 Å². The number of anilines is 1. The van der Waals surface area contributed by atoms with Crippen LogP contribution in [0.2, 0.25) is 5.02 Å². The molecular formula is C7H4BrClF3N. The summed E-state index contributed by atoms with van der Waals surface area (Å²) in [5.74, 6) is 0. The molecule has 0 aliphatic heterocycles. The van der Waals surface area contributed by atoms with Crippen molar-refractivity contribution >= 4 is 33.2 Å². The van der Waals surface area contributed by atoms with Gasteiger partial charge in [-0.05, 0) is 12.1 Å². The summed E-state index contributed by atoms with van der Waals surface area (Å²) in [5, 5.41) is -0.101. The van der Waals surface area contributed by atoms with Gasteiger partial charge in [0.05, 0.1) is 16.3 Å². The van der Waals surface area contributed by atoms with Gasteiger partial charge >= 0.3 is 6.18 Å². The van der Waals surface area contributed by atoms with Gasteiger partial charge in [-0.2, -0.15) is 13.2 Å². The van der Waals surface area contributed by atoms with Crippen molar-refractivity contribution in [2.45, 2.75) is 6.18 Å². The lowest BCUT2D eigenvalue weighted by Gasteiger charge is -2.10. The molecule has 0 unspecified atom stereocenters. The van der Waals surface area contributed by atoms with E-state index in [1.165, 1.54) is 0 Å². The fourth-order valence-corrected chi connectivity index (χ4v) is 1.53. The lowest BCUT2D eigenvalue weighted by molar-refractivity contribution is -0.138. The summed E-state index contributed by atoms with van der Waals surface area (Å²) in [6, 6.07) is 1.92.